The van der Waals surface area contributed by atoms with Crippen LogP contribution in [0.25, 0.3) is 5.52 Å². The molecule has 0 bridgehead atoms. The third-order valence-corrected chi connectivity index (χ3v) is 3.01. The normalized spacial score (nSPS) is 12.7. The van der Waals surface area contributed by atoms with E-state index in [2.05, 4.69) is 10.3 Å². The number of aryl methyl sites for hydroxylation is 1. The summed E-state index contributed by atoms with van der Waals surface area (Å²) in [6.45, 7) is 4.00. The van der Waals surface area contributed by atoms with Crippen LogP contribution >= 0.6 is 0 Å². The van der Waals surface area contributed by atoms with Gasteiger partial charge in [0, 0.05) is 6.20 Å². The van der Waals surface area contributed by atoms with Crippen LogP contribution in [0.5, 0.6) is 0 Å². The first-order valence-corrected chi connectivity index (χ1v) is 5.82. The smallest absolute Gasteiger partial charge is 0.358 e. The third-order valence-electron chi connectivity index (χ3n) is 3.01. The van der Waals surface area contributed by atoms with E-state index in [-0.39, 0.29) is 6.04 Å². The van der Waals surface area contributed by atoms with Gasteiger partial charge in [-0.2, -0.15) is 0 Å². The quantitative estimate of drug-likeness (QED) is 0.839. The van der Waals surface area contributed by atoms with Crippen LogP contribution in [0.15, 0.2) is 18.3 Å². The zero-order valence-corrected chi connectivity index (χ0v) is 11.0. The number of imidazole rings is 1. The molecule has 0 aliphatic rings. The zero-order valence-electron chi connectivity index (χ0n) is 11.0. The van der Waals surface area contributed by atoms with Crippen LogP contribution in [0.2, 0.25) is 0 Å². The van der Waals surface area contributed by atoms with Crippen molar-refractivity contribution in [2.24, 2.45) is 0 Å². The lowest BCUT2D eigenvalue weighted by Gasteiger charge is -2.08. The highest BCUT2D eigenvalue weighted by Gasteiger charge is 2.20. The molecule has 0 aliphatic heterocycles. The Labute approximate surface area is 106 Å². The molecule has 0 spiro atoms. The Bertz CT molecular complexity index is 589. The molecule has 0 aromatic carbocycles. The first-order valence-electron chi connectivity index (χ1n) is 5.82. The number of aromatic nitrogens is 2. The van der Waals surface area contributed by atoms with Gasteiger partial charge in [0.05, 0.1) is 18.7 Å². The average Bonchev–Trinajstić information content (AvgIpc) is 2.75. The van der Waals surface area contributed by atoms with Gasteiger partial charge in [0.1, 0.15) is 5.82 Å². The molecule has 2 rings (SSSR count). The molecule has 0 saturated carbocycles. The standard InChI is InChI=1S/C13H17N3O2/c1-8-5-6-10-11(13(17)18-4)15-12(9(2)14-3)16(10)7-8/h5-7,9,14H,1-4H3. The van der Waals surface area contributed by atoms with Crippen molar-refractivity contribution in [1.82, 2.24) is 14.7 Å². The fourth-order valence-electron chi connectivity index (χ4n) is 1.90. The molecular formula is C13H17N3O2. The van der Waals surface area contributed by atoms with E-state index in [4.69, 9.17) is 4.74 Å². The number of methoxy groups -OCH3 is 1. The molecule has 0 fully saturated rings. The molecule has 2 aromatic heterocycles. The first kappa shape index (κ1) is 12.6. The van der Waals surface area contributed by atoms with Crippen molar-refractivity contribution >= 4 is 11.5 Å². The van der Waals surface area contributed by atoms with Crippen molar-refractivity contribution in [2.75, 3.05) is 14.2 Å². The molecule has 0 radical (unpaired) electrons. The Morgan fingerprint density at radius 2 is 2.22 bits per heavy atom. The van der Waals surface area contributed by atoms with Gasteiger partial charge in [-0.15, -0.1) is 0 Å². The van der Waals surface area contributed by atoms with E-state index in [1.807, 2.05) is 43.6 Å². The topological polar surface area (TPSA) is 55.6 Å². The Morgan fingerprint density at radius 3 is 2.83 bits per heavy atom. The van der Waals surface area contributed by atoms with Crippen molar-refractivity contribution in [1.29, 1.82) is 0 Å². The minimum atomic E-state index is -0.411. The summed E-state index contributed by atoms with van der Waals surface area (Å²) in [6.07, 6.45) is 1.97. The third kappa shape index (κ3) is 1.97. The summed E-state index contributed by atoms with van der Waals surface area (Å²) in [5, 5.41) is 3.13. The molecule has 5 nitrogen and oxygen atoms in total. The van der Waals surface area contributed by atoms with E-state index in [0.29, 0.717) is 5.69 Å². The number of carbonyl (C=O) groups excluding carboxylic acids is 1. The minimum Gasteiger partial charge on any atom is -0.464 e. The second-order valence-corrected chi connectivity index (χ2v) is 4.28. The van der Waals surface area contributed by atoms with Gasteiger partial charge < -0.3 is 14.5 Å². The number of rotatable bonds is 3. The van der Waals surface area contributed by atoms with Crippen LogP contribution in [0.1, 0.15) is 34.8 Å². The van der Waals surface area contributed by atoms with E-state index in [1.54, 1.807) is 0 Å². The molecule has 0 saturated heterocycles. The van der Waals surface area contributed by atoms with Crippen LogP contribution in [0, 0.1) is 6.92 Å². The SMILES string of the molecule is CNC(C)c1nc(C(=O)OC)c2ccc(C)cn12. The van der Waals surface area contributed by atoms with Crippen molar-refractivity contribution in [3.63, 3.8) is 0 Å². The molecule has 2 heterocycles. The highest BCUT2D eigenvalue weighted by atomic mass is 16.5. The fourth-order valence-corrected chi connectivity index (χ4v) is 1.90. The lowest BCUT2D eigenvalue weighted by Crippen LogP contribution is -2.15. The molecule has 2 aromatic rings. The minimum absolute atomic E-state index is 0.0534. The number of pyridine rings is 1. The molecule has 18 heavy (non-hydrogen) atoms. The van der Waals surface area contributed by atoms with Gasteiger partial charge >= 0.3 is 5.97 Å². The number of ether oxygens (including phenoxy) is 1. The maximum absolute atomic E-state index is 11.7. The average molecular weight is 247 g/mol. The van der Waals surface area contributed by atoms with Crippen molar-refractivity contribution in [3.8, 4) is 0 Å². The van der Waals surface area contributed by atoms with Gasteiger partial charge in [0.2, 0.25) is 0 Å². The molecule has 96 valence electrons. The van der Waals surface area contributed by atoms with Crippen LogP contribution in [0.3, 0.4) is 0 Å². The molecule has 1 atom stereocenters. The zero-order chi connectivity index (χ0) is 13.3. The van der Waals surface area contributed by atoms with Crippen molar-refractivity contribution in [2.45, 2.75) is 19.9 Å². The summed E-state index contributed by atoms with van der Waals surface area (Å²) in [6, 6.07) is 3.90. The number of esters is 1. The van der Waals surface area contributed by atoms with Crippen LogP contribution in [-0.4, -0.2) is 29.5 Å². The van der Waals surface area contributed by atoms with E-state index in [0.717, 1.165) is 16.9 Å². The van der Waals surface area contributed by atoms with Gasteiger partial charge in [-0.1, -0.05) is 6.07 Å². The molecule has 1 unspecified atom stereocenters. The summed E-state index contributed by atoms with van der Waals surface area (Å²) < 4.78 is 6.70. The van der Waals surface area contributed by atoms with Gasteiger partial charge in [0.15, 0.2) is 5.69 Å². The maximum atomic E-state index is 11.7. The number of hydrogen-bond acceptors (Lipinski definition) is 4. The van der Waals surface area contributed by atoms with E-state index < -0.39 is 5.97 Å². The van der Waals surface area contributed by atoms with Gasteiger partial charge in [0.25, 0.3) is 0 Å². The molecule has 1 N–H and O–H groups in total. The first-order chi connectivity index (χ1) is 8.58. The summed E-state index contributed by atoms with van der Waals surface area (Å²) >= 11 is 0. The highest BCUT2D eigenvalue weighted by Crippen LogP contribution is 2.19. The summed E-state index contributed by atoms with van der Waals surface area (Å²) in [7, 11) is 3.22. The van der Waals surface area contributed by atoms with Crippen molar-refractivity contribution in [3.05, 3.63) is 35.4 Å². The Balaban J connectivity index is 2.71. The number of hydrogen-bond donors (Lipinski definition) is 1. The van der Waals surface area contributed by atoms with E-state index in [9.17, 15) is 4.79 Å². The Hall–Kier alpha value is -1.88. The van der Waals surface area contributed by atoms with Crippen LogP contribution in [0.4, 0.5) is 0 Å². The van der Waals surface area contributed by atoms with Crippen LogP contribution in [-0.2, 0) is 4.74 Å². The number of carbonyl (C=O) groups is 1. The maximum Gasteiger partial charge on any atom is 0.358 e. The number of fused-ring (bicyclic) bond motifs is 1. The van der Waals surface area contributed by atoms with Crippen molar-refractivity contribution < 1.29 is 9.53 Å². The second-order valence-electron chi connectivity index (χ2n) is 4.28. The van der Waals surface area contributed by atoms with Gasteiger partial charge in [-0.05, 0) is 32.5 Å². The lowest BCUT2D eigenvalue weighted by atomic mass is 10.2. The fraction of sp³-hybridized carbons (Fsp3) is 0.385. The number of nitrogens with zero attached hydrogens (tertiary/aromatic N) is 2. The lowest BCUT2D eigenvalue weighted by molar-refractivity contribution is 0.0596. The summed E-state index contributed by atoms with van der Waals surface area (Å²) in [4.78, 5) is 16.1. The Kier molecular flexibility index (Phi) is 3.34. The van der Waals surface area contributed by atoms with E-state index in [1.165, 1.54) is 7.11 Å². The monoisotopic (exact) mass is 247 g/mol. The van der Waals surface area contributed by atoms with Gasteiger partial charge in [-0.25, -0.2) is 9.78 Å². The molecule has 0 amide bonds. The predicted octanol–water partition coefficient (Wildman–Crippen LogP) is 1.71. The molecular weight excluding hydrogens is 230 g/mol. The Morgan fingerprint density at radius 1 is 1.50 bits per heavy atom. The number of nitrogens with one attached hydrogen (secondary N) is 1. The molecule has 5 heteroatoms. The second kappa shape index (κ2) is 4.78. The predicted molar refractivity (Wildman–Crippen MR) is 68.7 cm³/mol. The summed E-state index contributed by atoms with van der Waals surface area (Å²) in [5.74, 6) is 0.391. The van der Waals surface area contributed by atoms with Crippen LogP contribution < -0.4 is 5.32 Å². The highest BCUT2D eigenvalue weighted by molar-refractivity contribution is 5.95. The van der Waals surface area contributed by atoms with E-state index >= 15 is 0 Å². The van der Waals surface area contributed by atoms with Gasteiger partial charge in [-0.3, -0.25) is 0 Å². The summed E-state index contributed by atoms with van der Waals surface area (Å²) in [5.41, 5.74) is 2.24. The largest absolute Gasteiger partial charge is 0.464 e. The molecule has 0 aliphatic carbocycles.